The second kappa shape index (κ2) is 2.17. The molecule has 5 rings (SSSR count). The molecule has 1 spiro atoms. The van der Waals surface area contributed by atoms with E-state index in [2.05, 4.69) is 20.8 Å². The van der Waals surface area contributed by atoms with Gasteiger partial charge in [0.2, 0.25) is 0 Å². The van der Waals surface area contributed by atoms with Crippen LogP contribution in [0.3, 0.4) is 0 Å². The summed E-state index contributed by atoms with van der Waals surface area (Å²) in [4.78, 5) is 0. The fraction of sp³-hybridized carbons (Fsp3) is 1.00. The molecule has 0 heteroatoms. The van der Waals surface area contributed by atoms with E-state index in [4.69, 9.17) is 0 Å². The molecule has 0 amide bonds. The monoisotopic (exact) mass is 204 g/mol. The van der Waals surface area contributed by atoms with Crippen molar-refractivity contribution in [3.63, 3.8) is 0 Å². The van der Waals surface area contributed by atoms with Crippen LogP contribution in [-0.2, 0) is 0 Å². The zero-order valence-corrected chi connectivity index (χ0v) is 10.5. The third kappa shape index (κ3) is 0.746. The molecular weight excluding hydrogens is 180 g/mol. The molecule has 5 aliphatic rings. The number of rotatable bonds is 0. The van der Waals surface area contributed by atoms with Gasteiger partial charge in [0.25, 0.3) is 0 Å². The maximum Gasteiger partial charge on any atom is -0.0233 e. The normalized spacial score (nSPS) is 70.2. The average molecular weight is 204 g/mol. The van der Waals surface area contributed by atoms with Gasteiger partial charge < -0.3 is 0 Å². The van der Waals surface area contributed by atoms with E-state index in [0.717, 1.165) is 34.0 Å². The number of hydrogen-bond acceptors (Lipinski definition) is 0. The minimum atomic E-state index is 0.725. The lowest BCUT2D eigenvalue weighted by Crippen LogP contribution is -2.51. The molecule has 0 saturated heterocycles. The van der Waals surface area contributed by atoms with Gasteiger partial charge in [0.15, 0.2) is 0 Å². The first-order valence-electron chi connectivity index (χ1n) is 7.02. The molecule has 0 heterocycles. The summed E-state index contributed by atoms with van der Waals surface area (Å²) in [5, 5.41) is 0. The molecule has 0 aromatic heterocycles. The zero-order valence-electron chi connectivity index (χ0n) is 10.5. The summed E-state index contributed by atoms with van der Waals surface area (Å²) in [5.74, 6) is 3.28. The van der Waals surface area contributed by atoms with Crippen LogP contribution >= 0.6 is 0 Å². The van der Waals surface area contributed by atoms with Crippen LogP contribution in [0.5, 0.6) is 0 Å². The third-order valence-corrected chi connectivity index (χ3v) is 7.64. The van der Waals surface area contributed by atoms with Crippen LogP contribution in [0.15, 0.2) is 0 Å². The highest BCUT2D eigenvalue weighted by molar-refractivity contribution is 5.27. The molecule has 5 fully saturated rings. The standard InChI is InChI=1S/C15H24/c1-10-5-4-6-15-8-12-11(7-14(10,15)3)13(12,2)9-15/h10-12H,4-9H2,1-3H3/t10-,11+,12-,13-,14+,15-/m1/s1. The predicted octanol–water partition coefficient (Wildman–Crippen LogP) is 4.25. The Morgan fingerprint density at radius 2 is 1.80 bits per heavy atom. The first-order valence-corrected chi connectivity index (χ1v) is 7.02. The Kier molecular flexibility index (Phi) is 1.31. The van der Waals surface area contributed by atoms with E-state index in [9.17, 15) is 0 Å². The van der Waals surface area contributed by atoms with Crippen LogP contribution in [0.4, 0.5) is 0 Å². The molecule has 0 aliphatic heterocycles. The first kappa shape index (κ1) is 9.07. The topological polar surface area (TPSA) is 0 Å². The Morgan fingerprint density at radius 1 is 1.07 bits per heavy atom. The fourth-order valence-corrected chi connectivity index (χ4v) is 6.37. The van der Waals surface area contributed by atoms with Gasteiger partial charge in [0.05, 0.1) is 0 Å². The molecular formula is C15H24. The Balaban J connectivity index is 1.81. The lowest BCUT2D eigenvalue weighted by atomic mass is 9.45. The third-order valence-electron chi connectivity index (χ3n) is 7.64. The SMILES string of the molecule is C[C@@H]1CCC[C@]23C[C@@H]4[C@H](C[C@@]12C)[C@@]4(C)C3. The summed E-state index contributed by atoms with van der Waals surface area (Å²) in [7, 11) is 0. The number of hydrogen-bond donors (Lipinski definition) is 0. The summed E-state index contributed by atoms with van der Waals surface area (Å²) in [6.07, 6.45) is 9.36. The Bertz CT molecular complexity index is 333. The van der Waals surface area contributed by atoms with E-state index in [0.29, 0.717) is 0 Å². The molecule has 0 aromatic carbocycles. The highest BCUT2D eigenvalue weighted by Gasteiger charge is 2.78. The van der Waals surface area contributed by atoms with Gasteiger partial charge in [0.1, 0.15) is 0 Å². The van der Waals surface area contributed by atoms with E-state index in [1.807, 2.05) is 0 Å². The molecule has 0 N–H and O–H groups in total. The van der Waals surface area contributed by atoms with Crippen molar-refractivity contribution >= 4 is 0 Å². The molecule has 5 saturated carbocycles. The quantitative estimate of drug-likeness (QED) is 0.553. The second-order valence-electron chi connectivity index (χ2n) is 7.79. The molecule has 6 atom stereocenters. The maximum absolute atomic E-state index is 2.64. The Morgan fingerprint density at radius 3 is 2.47 bits per heavy atom. The molecule has 4 bridgehead atoms. The van der Waals surface area contributed by atoms with Crippen molar-refractivity contribution in [2.45, 2.75) is 59.3 Å². The highest BCUT2D eigenvalue weighted by Crippen LogP contribution is 2.86. The summed E-state index contributed by atoms with van der Waals surface area (Å²) in [6.45, 7) is 7.78. The van der Waals surface area contributed by atoms with Crippen LogP contribution in [0.1, 0.15) is 59.3 Å². The molecule has 5 aliphatic carbocycles. The van der Waals surface area contributed by atoms with Crippen LogP contribution in [0.2, 0.25) is 0 Å². The minimum absolute atomic E-state index is 0.725. The van der Waals surface area contributed by atoms with Gasteiger partial charge >= 0.3 is 0 Å². The van der Waals surface area contributed by atoms with Crippen molar-refractivity contribution in [3.8, 4) is 0 Å². The van der Waals surface area contributed by atoms with Crippen LogP contribution in [0, 0.1) is 34.0 Å². The Labute approximate surface area is 93.8 Å². The van der Waals surface area contributed by atoms with Gasteiger partial charge in [-0.15, -0.1) is 0 Å². The largest absolute Gasteiger partial charge is 0.0620 e. The lowest BCUT2D eigenvalue weighted by molar-refractivity contribution is -0.102. The predicted molar refractivity (Wildman–Crippen MR) is 62.5 cm³/mol. The molecule has 0 aromatic rings. The molecule has 84 valence electrons. The average Bonchev–Trinajstić information content (AvgIpc) is 2.60. The van der Waals surface area contributed by atoms with Crippen molar-refractivity contribution in [3.05, 3.63) is 0 Å². The summed E-state index contributed by atoms with van der Waals surface area (Å²) in [6, 6.07) is 0. The van der Waals surface area contributed by atoms with E-state index < -0.39 is 0 Å². The van der Waals surface area contributed by atoms with E-state index in [-0.39, 0.29) is 0 Å². The van der Waals surface area contributed by atoms with Crippen molar-refractivity contribution in [2.75, 3.05) is 0 Å². The zero-order chi connectivity index (χ0) is 10.5. The smallest absolute Gasteiger partial charge is 0.0233 e. The van der Waals surface area contributed by atoms with Gasteiger partial charge in [-0.05, 0) is 59.7 Å². The molecule has 0 radical (unpaired) electrons. The second-order valence-corrected chi connectivity index (χ2v) is 7.79. The van der Waals surface area contributed by atoms with Crippen molar-refractivity contribution in [2.24, 2.45) is 34.0 Å². The highest BCUT2D eigenvalue weighted by atomic mass is 14.8. The van der Waals surface area contributed by atoms with Crippen LogP contribution < -0.4 is 0 Å². The molecule has 0 nitrogen and oxygen atoms in total. The lowest BCUT2D eigenvalue weighted by Gasteiger charge is -2.60. The fourth-order valence-electron chi connectivity index (χ4n) is 6.37. The van der Waals surface area contributed by atoms with E-state index in [1.165, 1.54) is 12.8 Å². The van der Waals surface area contributed by atoms with Crippen LogP contribution in [-0.4, -0.2) is 0 Å². The van der Waals surface area contributed by atoms with Crippen molar-refractivity contribution in [1.29, 1.82) is 0 Å². The summed E-state index contributed by atoms with van der Waals surface area (Å²) in [5.41, 5.74) is 2.33. The first-order chi connectivity index (χ1) is 7.02. The van der Waals surface area contributed by atoms with Crippen molar-refractivity contribution < 1.29 is 0 Å². The van der Waals surface area contributed by atoms with Crippen LogP contribution in [0.25, 0.3) is 0 Å². The van der Waals surface area contributed by atoms with Gasteiger partial charge in [-0.2, -0.15) is 0 Å². The van der Waals surface area contributed by atoms with Gasteiger partial charge in [-0.1, -0.05) is 33.6 Å². The minimum Gasteiger partial charge on any atom is -0.0620 e. The van der Waals surface area contributed by atoms with Gasteiger partial charge in [-0.25, -0.2) is 0 Å². The Hall–Kier alpha value is 0. The summed E-state index contributed by atoms with van der Waals surface area (Å²) >= 11 is 0. The maximum atomic E-state index is 2.64. The van der Waals surface area contributed by atoms with Gasteiger partial charge in [0, 0.05) is 0 Å². The van der Waals surface area contributed by atoms with E-state index in [1.54, 1.807) is 25.7 Å². The van der Waals surface area contributed by atoms with E-state index >= 15 is 0 Å². The van der Waals surface area contributed by atoms with Crippen molar-refractivity contribution in [1.82, 2.24) is 0 Å². The van der Waals surface area contributed by atoms with Gasteiger partial charge in [-0.3, -0.25) is 0 Å². The molecule has 15 heavy (non-hydrogen) atoms. The molecule has 0 unspecified atom stereocenters. The summed E-state index contributed by atoms with van der Waals surface area (Å²) < 4.78 is 0.